The standard InChI is InChI=1S/C70H106N16O24S2/c1-5-42(2)60-66(98)75-34-56(91)76-51-41-112(102)68-47(33-50(63(95)74-35-57(92)79-60)78-67(99)61(43(3)53(89)39-87)80-65(97)52-32-45(88)38-85(52)69(100)49(77-64(51)96)9-11-55(71)90)46-8-10-54(103-4)48(62(46)81-68)40-111-31-7-6-14-72-70(101)73-15-17-104-19-21-106-23-25-108-27-29-110-30-28-109-26-24-107-22-20-105-18-16-84-36-44(82-83-84)37-86-58(93)12-13-59(86)94/h8,10,12-13,36,42-43,45,49-53,60-61,81,87-89H,5-7,9,11,14-35,37-41H2,1-4H3,(H2,71,90)(H,74,95)(H,75,98)(H,76,91)(H,77,96)(H,78,99)(H,79,92)(H,80,97)(H2,72,73,101)/t42-,43-,45+,49-,50-,51-,52-,53-,60-,61-,112?/m0/s1. The number of amides is 13. The predicted octanol–water partition coefficient (Wildman–Crippen LogP) is -5.08. The maximum absolute atomic E-state index is 15.4. The third kappa shape index (κ3) is 28.8. The smallest absolute Gasteiger partial charge is 0.314 e. The average molecular weight is 1620 g/mol. The van der Waals surface area contributed by atoms with Gasteiger partial charge >= 0.3 is 6.03 Å². The van der Waals surface area contributed by atoms with Crippen LogP contribution in [-0.2, 0) is 122 Å². The lowest BCUT2D eigenvalue weighted by molar-refractivity contribution is -0.143. The number of hydrogen-bond acceptors (Lipinski definition) is 27. The lowest BCUT2D eigenvalue weighted by atomic mass is 9.93. The number of unbranched alkanes of at least 4 members (excludes halogenated alkanes) is 1. The van der Waals surface area contributed by atoms with Crippen LogP contribution in [0.1, 0.15) is 76.1 Å². The van der Waals surface area contributed by atoms with E-state index in [1.54, 1.807) is 36.9 Å². The molecule has 622 valence electrons. The van der Waals surface area contributed by atoms with E-state index in [1.165, 1.54) is 37.9 Å². The largest absolute Gasteiger partial charge is 0.610 e. The molecule has 1 fully saturated rings. The van der Waals surface area contributed by atoms with Crippen LogP contribution in [0.15, 0.2) is 35.5 Å². The highest BCUT2D eigenvalue weighted by Crippen LogP contribution is 2.37. The fourth-order valence-electron chi connectivity index (χ4n) is 12.1. The molecule has 7 rings (SSSR count). The molecular formula is C70H106N16O24S2. The summed E-state index contributed by atoms with van der Waals surface area (Å²) in [7, 11) is 1.43. The van der Waals surface area contributed by atoms with Gasteiger partial charge in [0, 0.05) is 90.4 Å². The summed E-state index contributed by atoms with van der Waals surface area (Å²) in [5.74, 6) is -11.1. The van der Waals surface area contributed by atoms with E-state index in [4.69, 9.17) is 43.6 Å². The Balaban J connectivity index is 0.884. The monoisotopic (exact) mass is 1620 g/mol. The molecule has 0 spiro atoms. The molecule has 1 saturated heterocycles. The molecule has 40 nitrogen and oxygen atoms in total. The number of rotatable bonds is 42. The van der Waals surface area contributed by atoms with Crippen LogP contribution < -0.4 is 58.3 Å². The van der Waals surface area contributed by atoms with Crippen LogP contribution in [0.3, 0.4) is 0 Å². The van der Waals surface area contributed by atoms with Gasteiger partial charge in [-0.3, -0.25) is 57.6 Å². The number of carbonyl (C=O) groups is 12. The minimum atomic E-state index is -2.44. The fourth-order valence-corrected chi connectivity index (χ4v) is 14.6. The first-order valence-electron chi connectivity index (χ1n) is 37.2. The molecule has 11 atom stereocenters. The molecule has 4 aliphatic heterocycles. The molecule has 2 bridgehead atoms. The molecule has 4 aliphatic rings. The van der Waals surface area contributed by atoms with Gasteiger partial charge in [0.15, 0.2) is 6.04 Å². The number of nitrogens with zero attached hydrogens (tertiary/aromatic N) is 5. The zero-order chi connectivity index (χ0) is 81.1. The highest BCUT2D eigenvalue weighted by molar-refractivity contribution is 7.98. The summed E-state index contributed by atoms with van der Waals surface area (Å²) in [5, 5.41) is 63.7. The Morgan fingerprint density at radius 3 is 1.96 bits per heavy atom. The molecule has 13 amide bonds. The molecular weight excluding hydrogens is 1510 g/mol. The van der Waals surface area contributed by atoms with Crippen LogP contribution in [0.4, 0.5) is 4.79 Å². The van der Waals surface area contributed by atoms with Gasteiger partial charge in [0.05, 0.1) is 156 Å². The summed E-state index contributed by atoms with van der Waals surface area (Å²) in [4.78, 5) is 169. The Morgan fingerprint density at radius 1 is 0.732 bits per heavy atom. The number of urea groups is 1. The second-order valence-electron chi connectivity index (χ2n) is 26.7. The van der Waals surface area contributed by atoms with Gasteiger partial charge in [0.25, 0.3) is 11.8 Å². The SMILES string of the molecule is CC[C@H](C)[C@@H]1NC(=O)CNC(=O)[C@@H]2Cc3c([nH]c4c(CSCCCCNC(=O)NCCOCCOCCOCCOCCOCCOCCOCCn5cc(CN6C(=O)C=CC6=O)nn5)c(OC)ccc34)[S+]([O-])C[C@H](NC(=O)CNC1=O)C(=O)N[C@@H](CCC(N)=O)C(=O)N1C[C@H](O)C[C@H]1C(=O)N[C@@H]([C@@H](C)[C@@H](O)CO)C(=O)N2. The molecule has 112 heavy (non-hydrogen) atoms. The van der Waals surface area contributed by atoms with Crippen molar-refractivity contribution in [1.29, 1.82) is 0 Å². The number of hydrogen-bond donors (Lipinski definition) is 14. The van der Waals surface area contributed by atoms with Gasteiger partial charge in [-0.1, -0.05) is 32.4 Å². The number of primary amides is 1. The summed E-state index contributed by atoms with van der Waals surface area (Å²) >= 11 is -0.956. The quantitative estimate of drug-likeness (QED) is 0.0143. The van der Waals surface area contributed by atoms with E-state index < -0.39 is 182 Å². The molecule has 6 heterocycles. The number of thioether (sulfide) groups is 1. The zero-order valence-electron chi connectivity index (χ0n) is 63.3. The van der Waals surface area contributed by atoms with Crippen LogP contribution in [0.5, 0.6) is 5.75 Å². The molecule has 42 heteroatoms. The Kier molecular flexibility index (Phi) is 38.6. The topological polar surface area (TPSA) is 550 Å². The summed E-state index contributed by atoms with van der Waals surface area (Å²) in [6, 6.07) is -7.09. The van der Waals surface area contributed by atoms with Crippen molar-refractivity contribution in [3.63, 3.8) is 0 Å². The lowest BCUT2D eigenvalue weighted by Gasteiger charge is -2.33. The van der Waals surface area contributed by atoms with Crippen molar-refractivity contribution in [1.82, 2.24) is 77.6 Å². The van der Waals surface area contributed by atoms with E-state index >= 15 is 4.55 Å². The minimum Gasteiger partial charge on any atom is -0.610 e. The van der Waals surface area contributed by atoms with Gasteiger partial charge in [0.1, 0.15) is 47.4 Å². The van der Waals surface area contributed by atoms with Crippen LogP contribution in [0.2, 0.25) is 0 Å². The molecule has 0 saturated carbocycles. The van der Waals surface area contributed by atoms with Crippen molar-refractivity contribution < 1.29 is 115 Å². The van der Waals surface area contributed by atoms with Crippen LogP contribution >= 0.6 is 11.8 Å². The number of benzene rings is 1. The maximum atomic E-state index is 15.4. The molecule has 1 aromatic carbocycles. The van der Waals surface area contributed by atoms with Crippen molar-refractivity contribution in [2.24, 2.45) is 17.6 Å². The van der Waals surface area contributed by atoms with Gasteiger partial charge in [-0.15, -0.1) is 5.10 Å². The van der Waals surface area contributed by atoms with Crippen molar-refractivity contribution in [2.45, 2.75) is 138 Å². The first kappa shape index (κ1) is 90.5. The number of nitrogens with two attached hydrogens (primary N) is 1. The molecule has 3 aromatic rings. The van der Waals surface area contributed by atoms with E-state index in [1.807, 2.05) is 0 Å². The van der Waals surface area contributed by atoms with Crippen LogP contribution in [-0.4, -0.2) is 320 Å². The Labute approximate surface area is 654 Å². The zero-order valence-corrected chi connectivity index (χ0v) is 65.0. The molecule has 0 aliphatic carbocycles. The Bertz CT molecular complexity index is 3650. The number of carbonyl (C=O) groups excluding carboxylic acids is 12. The van der Waals surface area contributed by atoms with Crippen molar-refractivity contribution in [3.05, 3.63) is 47.3 Å². The third-order valence-corrected chi connectivity index (χ3v) is 21.1. The number of aromatic amines is 1. The van der Waals surface area contributed by atoms with E-state index in [9.17, 15) is 72.9 Å². The summed E-state index contributed by atoms with van der Waals surface area (Å²) in [6.45, 7) is 7.87. The molecule has 15 N–H and O–H groups in total. The molecule has 1 unspecified atom stereocenters. The van der Waals surface area contributed by atoms with Gasteiger partial charge < -0.3 is 121 Å². The maximum Gasteiger partial charge on any atom is 0.314 e. The minimum absolute atomic E-state index is 0.0568. The molecule has 0 radical (unpaired) electrons. The number of aromatic nitrogens is 4. The first-order valence-corrected chi connectivity index (χ1v) is 39.6. The number of H-pyrrole nitrogens is 1. The number of fused-ring (bicyclic) bond motifs is 5. The summed E-state index contributed by atoms with van der Waals surface area (Å²) in [6.07, 6.45) is 0.687. The van der Waals surface area contributed by atoms with Crippen LogP contribution in [0, 0.1) is 11.8 Å². The van der Waals surface area contributed by atoms with E-state index in [0.717, 1.165) is 9.80 Å². The highest BCUT2D eigenvalue weighted by Gasteiger charge is 2.46. The van der Waals surface area contributed by atoms with Crippen molar-refractivity contribution >= 4 is 105 Å². The average Bonchev–Trinajstić information content (AvgIpc) is 1.61. The molecule has 2 aromatic heterocycles. The van der Waals surface area contributed by atoms with Crippen molar-refractivity contribution in [3.8, 4) is 5.75 Å². The Hall–Kier alpha value is -8.66. The Morgan fingerprint density at radius 2 is 1.34 bits per heavy atom. The van der Waals surface area contributed by atoms with Gasteiger partial charge in [0.2, 0.25) is 58.2 Å². The number of imide groups is 1. The highest BCUT2D eigenvalue weighted by atomic mass is 32.2. The third-order valence-electron chi connectivity index (χ3n) is 18.6. The second-order valence-corrected chi connectivity index (χ2v) is 29.3. The number of ether oxygens (including phenoxy) is 8. The number of aliphatic hydroxyl groups is 3. The lowest BCUT2D eigenvalue weighted by Crippen LogP contribution is -2.62. The van der Waals surface area contributed by atoms with Crippen molar-refractivity contribution in [2.75, 3.05) is 150 Å². The van der Waals surface area contributed by atoms with Gasteiger partial charge in [-0.05, 0) is 43.1 Å². The predicted molar refractivity (Wildman–Crippen MR) is 399 cm³/mol. The van der Waals surface area contributed by atoms with Crippen LogP contribution in [0.25, 0.3) is 10.9 Å². The summed E-state index contributed by atoms with van der Waals surface area (Å²) in [5.41, 5.74) is 7.02. The second kappa shape index (κ2) is 47.8. The normalized spacial score (nSPS) is 21.9. The number of nitrogens with one attached hydrogen (secondary N) is 10. The van der Waals surface area contributed by atoms with E-state index in [-0.39, 0.29) is 53.9 Å². The first-order chi connectivity index (χ1) is 53.9. The number of methoxy groups -OCH3 is 1. The van der Waals surface area contributed by atoms with E-state index in [2.05, 4.69) is 63.1 Å². The van der Waals surface area contributed by atoms with Gasteiger partial charge in [-0.25, -0.2) is 9.48 Å². The fraction of sp³-hybridized carbons (Fsp3) is 0.657. The van der Waals surface area contributed by atoms with E-state index in [0.29, 0.717) is 152 Å². The number of aliphatic hydroxyl groups excluding tert-OH is 3. The van der Waals surface area contributed by atoms with Gasteiger partial charge in [-0.2, -0.15) is 11.8 Å². The summed E-state index contributed by atoms with van der Waals surface area (Å²) < 4.78 is 61.7.